The maximum absolute atomic E-state index is 12.5. The molecule has 1 heterocycles. The van der Waals surface area contributed by atoms with Crippen LogP contribution in [0.3, 0.4) is 0 Å². The Balaban J connectivity index is 1.77. The van der Waals surface area contributed by atoms with Gasteiger partial charge in [-0.2, -0.15) is 0 Å². The van der Waals surface area contributed by atoms with Crippen molar-refractivity contribution in [2.45, 2.75) is 56.9 Å². The summed E-state index contributed by atoms with van der Waals surface area (Å²) in [6.07, 6.45) is 6.90. The molecule has 1 saturated carbocycles. The SMILES string of the molecule is CCOC(=O)N1CC[C@@]23CCCC[C@H]2[C@@H]1Cc1ccc(OC)cc13. The average molecular weight is 329 g/mol. The number of rotatable bonds is 2. The molecular formula is C20H27NO3. The van der Waals surface area contributed by atoms with Crippen LogP contribution in [0.4, 0.5) is 4.79 Å². The van der Waals surface area contributed by atoms with Crippen molar-refractivity contribution >= 4 is 6.09 Å². The van der Waals surface area contributed by atoms with Gasteiger partial charge < -0.3 is 14.4 Å². The molecule has 1 aromatic rings. The van der Waals surface area contributed by atoms with E-state index in [2.05, 4.69) is 18.2 Å². The molecule has 2 bridgehead atoms. The maximum atomic E-state index is 12.5. The van der Waals surface area contributed by atoms with Crippen molar-refractivity contribution in [2.24, 2.45) is 5.92 Å². The molecule has 0 unspecified atom stereocenters. The summed E-state index contributed by atoms with van der Waals surface area (Å²) in [4.78, 5) is 14.5. The lowest BCUT2D eigenvalue weighted by atomic mass is 9.52. The minimum absolute atomic E-state index is 0.126. The Morgan fingerprint density at radius 2 is 2.21 bits per heavy atom. The predicted octanol–water partition coefficient (Wildman–Crippen LogP) is 3.91. The average Bonchev–Trinajstić information content (AvgIpc) is 2.61. The Bertz CT molecular complexity index is 644. The van der Waals surface area contributed by atoms with Gasteiger partial charge in [-0.3, -0.25) is 0 Å². The van der Waals surface area contributed by atoms with Crippen molar-refractivity contribution in [3.63, 3.8) is 0 Å². The normalized spacial score (nSPS) is 31.0. The zero-order valence-electron chi connectivity index (χ0n) is 14.7. The highest BCUT2D eigenvalue weighted by Gasteiger charge is 2.55. The standard InChI is InChI=1S/C20H27NO3/c1-3-24-19(22)21-11-10-20-9-5-4-6-16(20)18(21)12-14-7-8-15(23-2)13-17(14)20/h7-8,13,16,18H,3-6,9-12H2,1-2H3/t16-,18-,20-/m0/s1. The second-order valence-corrected chi connectivity index (χ2v) is 7.45. The van der Waals surface area contributed by atoms with Crippen LogP contribution in [-0.4, -0.2) is 37.3 Å². The number of ether oxygens (including phenoxy) is 2. The van der Waals surface area contributed by atoms with Crippen LogP contribution in [-0.2, 0) is 16.6 Å². The van der Waals surface area contributed by atoms with E-state index in [1.54, 1.807) is 7.11 Å². The van der Waals surface area contributed by atoms with Crippen molar-refractivity contribution in [3.8, 4) is 5.75 Å². The van der Waals surface area contributed by atoms with E-state index in [0.717, 1.165) is 25.1 Å². The molecule has 130 valence electrons. The minimum Gasteiger partial charge on any atom is -0.497 e. The fourth-order valence-electron chi connectivity index (χ4n) is 5.54. The third-order valence-electron chi connectivity index (χ3n) is 6.55. The number of nitrogens with zero attached hydrogens (tertiary/aromatic N) is 1. The molecule has 24 heavy (non-hydrogen) atoms. The van der Waals surface area contributed by atoms with Crippen LogP contribution in [0, 0.1) is 5.92 Å². The summed E-state index contributed by atoms with van der Waals surface area (Å²) < 4.78 is 10.8. The maximum Gasteiger partial charge on any atom is 0.410 e. The van der Waals surface area contributed by atoms with E-state index in [4.69, 9.17) is 9.47 Å². The predicted molar refractivity (Wildman–Crippen MR) is 92.5 cm³/mol. The molecule has 1 amide bonds. The number of amides is 1. The lowest BCUT2D eigenvalue weighted by molar-refractivity contribution is -0.0110. The highest BCUT2D eigenvalue weighted by molar-refractivity contribution is 5.69. The van der Waals surface area contributed by atoms with Gasteiger partial charge in [0.15, 0.2) is 0 Å². The van der Waals surface area contributed by atoms with Gasteiger partial charge in [0.25, 0.3) is 0 Å². The monoisotopic (exact) mass is 329 g/mol. The summed E-state index contributed by atoms with van der Waals surface area (Å²) in [6, 6.07) is 6.83. The number of piperidine rings is 1. The Labute approximate surface area is 144 Å². The van der Waals surface area contributed by atoms with Gasteiger partial charge in [0.2, 0.25) is 0 Å². The van der Waals surface area contributed by atoms with E-state index in [-0.39, 0.29) is 11.5 Å². The number of methoxy groups -OCH3 is 1. The summed E-state index contributed by atoms with van der Waals surface area (Å²) in [6.45, 7) is 3.15. The Morgan fingerprint density at radius 1 is 1.33 bits per heavy atom. The molecule has 1 aliphatic heterocycles. The zero-order valence-corrected chi connectivity index (χ0v) is 14.7. The Kier molecular flexibility index (Phi) is 3.93. The van der Waals surface area contributed by atoms with Crippen molar-refractivity contribution in [3.05, 3.63) is 29.3 Å². The number of benzene rings is 1. The number of hydrogen-bond acceptors (Lipinski definition) is 3. The first-order chi connectivity index (χ1) is 11.7. The molecule has 3 aliphatic rings. The molecule has 3 atom stereocenters. The summed E-state index contributed by atoms with van der Waals surface area (Å²) >= 11 is 0. The van der Waals surface area contributed by atoms with Gasteiger partial charge in [0.05, 0.1) is 13.7 Å². The van der Waals surface area contributed by atoms with E-state index in [0.29, 0.717) is 18.6 Å². The summed E-state index contributed by atoms with van der Waals surface area (Å²) in [5.74, 6) is 1.52. The molecule has 1 saturated heterocycles. The van der Waals surface area contributed by atoms with Crippen LogP contribution in [0.5, 0.6) is 5.75 Å². The number of hydrogen-bond donors (Lipinski definition) is 0. The van der Waals surface area contributed by atoms with Gasteiger partial charge in [-0.25, -0.2) is 4.79 Å². The molecule has 1 aromatic carbocycles. The second-order valence-electron chi connectivity index (χ2n) is 7.45. The molecule has 0 radical (unpaired) electrons. The minimum atomic E-state index is -0.126. The second kappa shape index (κ2) is 5.98. The summed E-state index contributed by atoms with van der Waals surface area (Å²) in [7, 11) is 1.74. The highest BCUT2D eigenvalue weighted by Crippen LogP contribution is 2.56. The van der Waals surface area contributed by atoms with Gasteiger partial charge in [0.1, 0.15) is 5.75 Å². The van der Waals surface area contributed by atoms with Crippen LogP contribution in [0.25, 0.3) is 0 Å². The summed E-state index contributed by atoms with van der Waals surface area (Å²) in [5.41, 5.74) is 3.12. The van der Waals surface area contributed by atoms with E-state index in [1.807, 2.05) is 11.8 Å². The van der Waals surface area contributed by atoms with E-state index >= 15 is 0 Å². The van der Waals surface area contributed by atoms with Crippen LogP contribution < -0.4 is 4.74 Å². The van der Waals surface area contributed by atoms with Crippen LogP contribution >= 0.6 is 0 Å². The molecule has 0 aromatic heterocycles. The number of carbonyl (C=O) groups is 1. The summed E-state index contributed by atoms with van der Waals surface area (Å²) in [5, 5.41) is 0. The topological polar surface area (TPSA) is 38.8 Å². The third kappa shape index (κ3) is 2.22. The molecule has 4 nitrogen and oxygen atoms in total. The molecule has 0 N–H and O–H groups in total. The van der Waals surface area contributed by atoms with Gasteiger partial charge >= 0.3 is 6.09 Å². The van der Waals surface area contributed by atoms with Gasteiger partial charge in [-0.1, -0.05) is 18.9 Å². The molecule has 4 rings (SSSR count). The van der Waals surface area contributed by atoms with Crippen molar-refractivity contribution in [2.75, 3.05) is 20.3 Å². The zero-order chi connectivity index (χ0) is 16.7. The van der Waals surface area contributed by atoms with E-state index in [9.17, 15) is 4.79 Å². The molecule has 2 fully saturated rings. The van der Waals surface area contributed by atoms with Crippen LogP contribution in [0.15, 0.2) is 18.2 Å². The van der Waals surface area contributed by atoms with Gasteiger partial charge in [-0.15, -0.1) is 0 Å². The Hall–Kier alpha value is -1.71. The lowest BCUT2D eigenvalue weighted by Gasteiger charge is -2.58. The molecular weight excluding hydrogens is 302 g/mol. The molecule has 0 spiro atoms. The fourth-order valence-corrected chi connectivity index (χ4v) is 5.54. The molecule has 4 heteroatoms. The van der Waals surface area contributed by atoms with Gasteiger partial charge in [-0.05, 0) is 61.8 Å². The van der Waals surface area contributed by atoms with Crippen LogP contribution in [0.1, 0.15) is 50.2 Å². The van der Waals surface area contributed by atoms with Crippen LogP contribution in [0.2, 0.25) is 0 Å². The smallest absolute Gasteiger partial charge is 0.410 e. The first-order valence-electron chi connectivity index (χ1n) is 9.30. The first-order valence-corrected chi connectivity index (χ1v) is 9.30. The number of carbonyl (C=O) groups excluding carboxylic acids is 1. The van der Waals surface area contributed by atoms with Crippen molar-refractivity contribution in [1.29, 1.82) is 0 Å². The van der Waals surface area contributed by atoms with Gasteiger partial charge in [0, 0.05) is 18.0 Å². The van der Waals surface area contributed by atoms with Crippen molar-refractivity contribution < 1.29 is 14.3 Å². The fraction of sp³-hybridized carbons (Fsp3) is 0.650. The van der Waals surface area contributed by atoms with E-state index < -0.39 is 0 Å². The third-order valence-corrected chi connectivity index (χ3v) is 6.55. The largest absolute Gasteiger partial charge is 0.497 e. The quantitative estimate of drug-likeness (QED) is 0.826. The van der Waals surface area contributed by atoms with E-state index in [1.165, 1.54) is 36.8 Å². The molecule has 2 aliphatic carbocycles. The lowest BCUT2D eigenvalue weighted by Crippen LogP contribution is -2.62. The van der Waals surface area contributed by atoms with Crippen molar-refractivity contribution in [1.82, 2.24) is 4.90 Å². The highest BCUT2D eigenvalue weighted by atomic mass is 16.6. The number of likely N-dealkylation sites (tertiary alicyclic amines) is 1. The first kappa shape index (κ1) is 15.8. The number of fused-ring (bicyclic) bond motifs is 1. The Morgan fingerprint density at radius 3 is 3.00 bits per heavy atom.